The molecule has 3 aromatic rings. The zero-order valence-electron chi connectivity index (χ0n) is 13.2. The van der Waals surface area contributed by atoms with Gasteiger partial charge >= 0.3 is 5.97 Å². The molecular weight excluding hydrogens is 322 g/mol. The number of nitrogens with zero attached hydrogens (tertiary/aromatic N) is 2. The molecule has 0 saturated heterocycles. The number of rotatable bonds is 6. The van der Waals surface area contributed by atoms with E-state index in [0.29, 0.717) is 17.4 Å². The number of carbonyl (C=O) groups is 1. The molecule has 0 spiro atoms. The van der Waals surface area contributed by atoms with Crippen molar-refractivity contribution in [1.29, 1.82) is 0 Å². The molecule has 0 aliphatic heterocycles. The lowest BCUT2D eigenvalue weighted by Gasteiger charge is -2.01. The number of thiazole rings is 1. The van der Waals surface area contributed by atoms with Crippen LogP contribution >= 0.6 is 11.3 Å². The van der Waals surface area contributed by atoms with Crippen LogP contribution in [0.4, 0.5) is 5.13 Å². The molecule has 1 N–H and O–H groups in total. The van der Waals surface area contributed by atoms with Crippen LogP contribution in [0.3, 0.4) is 0 Å². The Morgan fingerprint density at radius 2 is 2.12 bits per heavy atom. The normalized spacial score (nSPS) is 11.0. The molecular formula is C18H17N3O2S. The number of benzene rings is 2. The van der Waals surface area contributed by atoms with E-state index in [2.05, 4.69) is 33.7 Å². The van der Waals surface area contributed by atoms with Gasteiger partial charge in [0.15, 0.2) is 0 Å². The van der Waals surface area contributed by atoms with E-state index in [1.807, 2.05) is 29.6 Å². The van der Waals surface area contributed by atoms with Gasteiger partial charge in [-0.15, -0.1) is 11.3 Å². The first-order chi connectivity index (χ1) is 11.8. The molecule has 1 heterocycles. The topological polar surface area (TPSA) is 63.6 Å². The summed E-state index contributed by atoms with van der Waals surface area (Å²) >= 11 is 1.40. The maximum absolute atomic E-state index is 11.4. The molecule has 0 radical (unpaired) electrons. The number of hydrogen-bond acceptors (Lipinski definition) is 6. The number of ether oxygens (including phenoxy) is 1. The largest absolute Gasteiger partial charge is 0.466 e. The molecule has 0 atom stereocenters. The Morgan fingerprint density at radius 3 is 3.00 bits per heavy atom. The molecule has 6 heteroatoms. The molecule has 3 rings (SSSR count). The molecule has 24 heavy (non-hydrogen) atoms. The number of hydrogen-bond donors (Lipinski definition) is 1. The maximum atomic E-state index is 11.4. The number of hydrazone groups is 1. The first-order valence-corrected chi connectivity index (χ1v) is 8.51. The van der Waals surface area contributed by atoms with Gasteiger partial charge in [0.1, 0.15) is 0 Å². The summed E-state index contributed by atoms with van der Waals surface area (Å²) in [5.41, 5.74) is 4.62. The summed E-state index contributed by atoms with van der Waals surface area (Å²) in [7, 11) is 0. The zero-order chi connectivity index (χ0) is 16.8. The highest BCUT2D eigenvalue weighted by molar-refractivity contribution is 7.13. The fourth-order valence-corrected chi connectivity index (χ4v) is 2.98. The summed E-state index contributed by atoms with van der Waals surface area (Å²) in [4.78, 5) is 15.8. The third-order valence-corrected chi connectivity index (χ3v) is 4.17. The summed E-state index contributed by atoms with van der Waals surface area (Å²) in [6.45, 7) is 2.16. The first kappa shape index (κ1) is 16.1. The summed E-state index contributed by atoms with van der Waals surface area (Å²) < 4.78 is 4.91. The van der Waals surface area contributed by atoms with Crippen molar-refractivity contribution in [1.82, 2.24) is 4.98 Å². The Kier molecular flexibility index (Phi) is 5.18. The van der Waals surface area contributed by atoms with Gasteiger partial charge in [-0.1, -0.05) is 42.5 Å². The standard InChI is InChI=1S/C18H17N3O2S/c1-2-23-17(22)10-15-12-24-18(20-15)21-19-11-14-8-5-7-13-6-3-4-9-16(13)14/h3-9,11-12H,2,10H2,1H3,(H,20,21). The van der Waals surface area contributed by atoms with Crippen molar-refractivity contribution in [2.75, 3.05) is 12.0 Å². The van der Waals surface area contributed by atoms with Crippen LogP contribution in [0.2, 0.25) is 0 Å². The molecule has 0 fully saturated rings. The second-order valence-corrected chi connectivity index (χ2v) is 5.92. The van der Waals surface area contributed by atoms with E-state index in [4.69, 9.17) is 4.74 Å². The zero-order valence-corrected chi connectivity index (χ0v) is 14.0. The van der Waals surface area contributed by atoms with Gasteiger partial charge in [-0.3, -0.25) is 10.2 Å². The molecule has 0 bridgehead atoms. The highest BCUT2D eigenvalue weighted by Gasteiger charge is 2.07. The van der Waals surface area contributed by atoms with Crippen molar-refractivity contribution >= 4 is 39.4 Å². The van der Waals surface area contributed by atoms with Crippen LogP contribution in [-0.4, -0.2) is 23.8 Å². The summed E-state index contributed by atoms with van der Waals surface area (Å²) in [6.07, 6.45) is 1.95. The Bertz CT molecular complexity index is 868. The minimum absolute atomic E-state index is 0.180. The number of aromatic nitrogens is 1. The second kappa shape index (κ2) is 7.70. The van der Waals surface area contributed by atoms with Crippen LogP contribution in [0.1, 0.15) is 18.2 Å². The Hall–Kier alpha value is -2.73. The van der Waals surface area contributed by atoms with E-state index in [1.54, 1.807) is 13.1 Å². The molecule has 0 aliphatic rings. The lowest BCUT2D eigenvalue weighted by atomic mass is 10.1. The molecule has 0 aliphatic carbocycles. The van der Waals surface area contributed by atoms with Crippen LogP contribution in [0, 0.1) is 0 Å². The predicted molar refractivity (Wildman–Crippen MR) is 97.6 cm³/mol. The van der Waals surface area contributed by atoms with Crippen LogP contribution in [0.15, 0.2) is 52.9 Å². The van der Waals surface area contributed by atoms with Crippen molar-refractivity contribution in [2.45, 2.75) is 13.3 Å². The first-order valence-electron chi connectivity index (χ1n) is 7.63. The van der Waals surface area contributed by atoms with Crippen LogP contribution in [-0.2, 0) is 16.0 Å². The number of nitrogens with one attached hydrogen (secondary N) is 1. The summed E-state index contributed by atoms with van der Waals surface area (Å²) in [5.74, 6) is -0.270. The van der Waals surface area contributed by atoms with Crippen LogP contribution < -0.4 is 5.43 Å². The fraction of sp³-hybridized carbons (Fsp3) is 0.167. The monoisotopic (exact) mass is 339 g/mol. The van der Waals surface area contributed by atoms with Gasteiger partial charge in [-0.05, 0) is 17.7 Å². The van der Waals surface area contributed by atoms with Gasteiger partial charge in [0.25, 0.3) is 0 Å². The van der Waals surface area contributed by atoms with E-state index in [1.165, 1.54) is 16.7 Å². The van der Waals surface area contributed by atoms with Gasteiger partial charge in [-0.2, -0.15) is 5.10 Å². The minimum Gasteiger partial charge on any atom is -0.466 e. The average molecular weight is 339 g/mol. The van der Waals surface area contributed by atoms with Crippen molar-refractivity contribution in [3.05, 3.63) is 59.1 Å². The predicted octanol–water partition coefficient (Wildman–Crippen LogP) is 3.85. The Labute approximate surface area is 144 Å². The van der Waals surface area contributed by atoms with E-state index in [0.717, 1.165) is 10.9 Å². The van der Waals surface area contributed by atoms with Gasteiger partial charge < -0.3 is 4.74 Å². The molecule has 1 aromatic heterocycles. The molecule has 122 valence electrons. The van der Waals surface area contributed by atoms with Crippen LogP contribution in [0.5, 0.6) is 0 Å². The highest BCUT2D eigenvalue weighted by atomic mass is 32.1. The third kappa shape index (κ3) is 3.97. The lowest BCUT2D eigenvalue weighted by molar-refractivity contribution is -0.142. The Balaban J connectivity index is 1.66. The van der Waals surface area contributed by atoms with Crippen molar-refractivity contribution in [2.24, 2.45) is 5.10 Å². The number of carbonyl (C=O) groups excluding carboxylic acids is 1. The Morgan fingerprint density at radius 1 is 1.29 bits per heavy atom. The van der Waals surface area contributed by atoms with E-state index >= 15 is 0 Å². The summed E-state index contributed by atoms with van der Waals surface area (Å²) in [5, 5.41) is 9.04. The van der Waals surface area contributed by atoms with Gasteiger partial charge in [-0.25, -0.2) is 4.98 Å². The SMILES string of the molecule is CCOC(=O)Cc1csc(NN=Cc2cccc3ccccc23)n1. The molecule has 0 unspecified atom stereocenters. The molecule has 0 amide bonds. The van der Waals surface area contributed by atoms with Gasteiger partial charge in [0.2, 0.25) is 5.13 Å². The number of esters is 1. The second-order valence-electron chi connectivity index (χ2n) is 5.06. The van der Waals surface area contributed by atoms with Gasteiger partial charge in [0, 0.05) is 10.9 Å². The van der Waals surface area contributed by atoms with Crippen molar-refractivity contribution in [3.8, 4) is 0 Å². The number of anilines is 1. The van der Waals surface area contributed by atoms with Gasteiger partial charge in [0.05, 0.1) is 24.9 Å². The number of fused-ring (bicyclic) bond motifs is 1. The van der Waals surface area contributed by atoms with Crippen molar-refractivity contribution in [3.63, 3.8) is 0 Å². The van der Waals surface area contributed by atoms with E-state index < -0.39 is 0 Å². The quantitative estimate of drug-likeness (QED) is 0.421. The molecule has 0 saturated carbocycles. The fourth-order valence-electron chi connectivity index (χ4n) is 2.32. The molecule has 5 nitrogen and oxygen atoms in total. The molecule has 2 aromatic carbocycles. The minimum atomic E-state index is -0.270. The highest BCUT2D eigenvalue weighted by Crippen LogP contribution is 2.18. The smallest absolute Gasteiger partial charge is 0.311 e. The van der Waals surface area contributed by atoms with E-state index in [9.17, 15) is 4.79 Å². The maximum Gasteiger partial charge on any atom is 0.311 e. The average Bonchev–Trinajstić information content (AvgIpc) is 3.02. The lowest BCUT2D eigenvalue weighted by Crippen LogP contribution is -2.07. The van der Waals surface area contributed by atoms with E-state index in [-0.39, 0.29) is 12.4 Å². The van der Waals surface area contributed by atoms with Crippen LogP contribution in [0.25, 0.3) is 10.8 Å². The summed E-state index contributed by atoms with van der Waals surface area (Å²) in [6, 6.07) is 14.3. The third-order valence-electron chi connectivity index (χ3n) is 3.37. The van der Waals surface area contributed by atoms with Crippen molar-refractivity contribution < 1.29 is 9.53 Å².